The van der Waals surface area contributed by atoms with Crippen LogP contribution < -0.4 is 4.74 Å². The van der Waals surface area contributed by atoms with Crippen molar-refractivity contribution in [2.75, 3.05) is 26.4 Å². The second-order valence-corrected chi connectivity index (χ2v) is 5.66. The monoisotopic (exact) mass is 288 g/mol. The van der Waals surface area contributed by atoms with Crippen LogP contribution in [0.15, 0.2) is 24.3 Å². The third kappa shape index (κ3) is 4.73. The zero-order valence-electron chi connectivity index (χ0n) is 12.9. The minimum Gasteiger partial charge on any atom is -0.492 e. The fraction of sp³-hybridized carbons (Fsp3) is 0.588. The third-order valence-electron chi connectivity index (χ3n) is 3.92. The van der Waals surface area contributed by atoms with Gasteiger partial charge >= 0.3 is 0 Å². The van der Waals surface area contributed by atoms with Crippen molar-refractivity contribution in [2.45, 2.75) is 38.8 Å². The second kappa shape index (κ2) is 8.02. The topological polar surface area (TPSA) is 45.5 Å². The molecule has 4 heteroatoms. The van der Waals surface area contributed by atoms with E-state index in [1.807, 2.05) is 12.1 Å². The van der Waals surface area contributed by atoms with Crippen molar-refractivity contribution in [1.29, 1.82) is 5.26 Å². The molecular weight excluding hydrogens is 264 g/mol. The lowest BCUT2D eigenvalue weighted by Gasteiger charge is -2.37. The van der Waals surface area contributed by atoms with E-state index in [1.165, 1.54) is 0 Å². The molecule has 1 aliphatic rings. The van der Waals surface area contributed by atoms with E-state index in [1.54, 1.807) is 12.1 Å². The Bertz CT molecular complexity index is 459. The molecule has 1 aromatic rings. The smallest absolute Gasteiger partial charge is 0.119 e. The molecule has 1 aromatic carbocycles. The van der Waals surface area contributed by atoms with Gasteiger partial charge in [-0.25, -0.2) is 0 Å². The fourth-order valence-electron chi connectivity index (χ4n) is 2.77. The molecule has 0 aliphatic carbocycles. The normalized spacial score (nSPS) is 16.1. The van der Waals surface area contributed by atoms with Crippen molar-refractivity contribution in [3.05, 3.63) is 29.8 Å². The molecule has 0 radical (unpaired) electrons. The van der Waals surface area contributed by atoms with Crippen LogP contribution in [-0.4, -0.2) is 43.3 Å². The first-order chi connectivity index (χ1) is 10.2. The van der Waals surface area contributed by atoms with Crippen LogP contribution in [0.1, 0.15) is 32.3 Å². The number of hydrogen-bond donors (Lipinski definition) is 0. The highest BCUT2D eigenvalue weighted by molar-refractivity contribution is 5.34. The third-order valence-corrected chi connectivity index (χ3v) is 3.92. The van der Waals surface area contributed by atoms with Crippen LogP contribution in [0.25, 0.3) is 0 Å². The molecule has 114 valence electrons. The maximum atomic E-state index is 8.77. The highest BCUT2D eigenvalue weighted by atomic mass is 16.5. The molecule has 1 heterocycles. The molecule has 0 aromatic heterocycles. The Morgan fingerprint density at radius 2 is 1.95 bits per heavy atom. The summed E-state index contributed by atoms with van der Waals surface area (Å²) in [6.45, 7) is 7.78. The first-order valence-electron chi connectivity index (χ1n) is 7.67. The summed E-state index contributed by atoms with van der Waals surface area (Å²) in [4.78, 5) is 2.51. The van der Waals surface area contributed by atoms with Crippen molar-refractivity contribution < 1.29 is 9.47 Å². The van der Waals surface area contributed by atoms with Crippen molar-refractivity contribution in [1.82, 2.24) is 4.90 Å². The van der Waals surface area contributed by atoms with Gasteiger partial charge in [0.2, 0.25) is 0 Å². The summed E-state index contributed by atoms with van der Waals surface area (Å²) >= 11 is 0. The lowest BCUT2D eigenvalue weighted by atomic mass is 10.1. The lowest BCUT2D eigenvalue weighted by molar-refractivity contribution is 0.0174. The van der Waals surface area contributed by atoms with Crippen LogP contribution in [-0.2, 0) is 4.74 Å². The molecule has 0 bridgehead atoms. The molecule has 0 atom stereocenters. The maximum Gasteiger partial charge on any atom is 0.119 e. The largest absolute Gasteiger partial charge is 0.492 e. The zero-order chi connectivity index (χ0) is 15.1. The van der Waals surface area contributed by atoms with Gasteiger partial charge in [-0.05, 0) is 51.0 Å². The Morgan fingerprint density at radius 1 is 1.29 bits per heavy atom. The van der Waals surface area contributed by atoms with Gasteiger partial charge in [0, 0.05) is 31.8 Å². The van der Waals surface area contributed by atoms with Gasteiger partial charge in [0.1, 0.15) is 12.4 Å². The summed E-state index contributed by atoms with van der Waals surface area (Å²) in [6.07, 6.45) is 2.21. The maximum absolute atomic E-state index is 8.77. The standard InChI is InChI=1S/C17H24N2O2/c1-14(2)19(16-7-10-20-11-8-16)9-12-21-17-5-3-15(13-18)4-6-17/h3-6,14,16H,7-12H2,1-2H3. The minimum absolute atomic E-state index is 0.512. The van der Waals surface area contributed by atoms with E-state index in [2.05, 4.69) is 24.8 Å². The summed E-state index contributed by atoms with van der Waals surface area (Å²) in [7, 11) is 0. The quantitative estimate of drug-likeness (QED) is 0.807. The number of nitriles is 1. The average molecular weight is 288 g/mol. The van der Waals surface area contributed by atoms with E-state index in [-0.39, 0.29) is 0 Å². The molecule has 0 spiro atoms. The molecule has 21 heavy (non-hydrogen) atoms. The van der Waals surface area contributed by atoms with E-state index in [9.17, 15) is 0 Å². The number of ether oxygens (including phenoxy) is 2. The zero-order valence-corrected chi connectivity index (χ0v) is 12.9. The Morgan fingerprint density at radius 3 is 2.52 bits per heavy atom. The molecule has 0 N–H and O–H groups in total. The van der Waals surface area contributed by atoms with Crippen LogP contribution in [0.4, 0.5) is 0 Å². The van der Waals surface area contributed by atoms with Gasteiger partial charge in [0.15, 0.2) is 0 Å². The van der Waals surface area contributed by atoms with E-state index >= 15 is 0 Å². The number of nitrogens with zero attached hydrogens (tertiary/aromatic N) is 2. The summed E-state index contributed by atoms with van der Waals surface area (Å²) in [5.74, 6) is 0.824. The molecule has 0 unspecified atom stereocenters. The van der Waals surface area contributed by atoms with Crippen LogP contribution in [0.2, 0.25) is 0 Å². The first-order valence-corrected chi connectivity index (χ1v) is 7.67. The second-order valence-electron chi connectivity index (χ2n) is 5.66. The number of rotatable bonds is 6. The fourth-order valence-corrected chi connectivity index (χ4v) is 2.77. The highest BCUT2D eigenvalue weighted by Gasteiger charge is 2.23. The van der Waals surface area contributed by atoms with Gasteiger partial charge in [-0.3, -0.25) is 4.90 Å². The molecular formula is C17H24N2O2. The molecule has 0 saturated carbocycles. The first kappa shape index (κ1) is 15.8. The summed E-state index contributed by atoms with van der Waals surface area (Å²) < 4.78 is 11.2. The van der Waals surface area contributed by atoms with Gasteiger partial charge < -0.3 is 9.47 Å². The van der Waals surface area contributed by atoms with Crippen molar-refractivity contribution in [3.63, 3.8) is 0 Å². The van der Waals surface area contributed by atoms with Crippen molar-refractivity contribution in [2.24, 2.45) is 0 Å². The van der Waals surface area contributed by atoms with Crippen molar-refractivity contribution in [3.8, 4) is 11.8 Å². The van der Waals surface area contributed by atoms with Gasteiger partial charge in [0.25, 0.3) is 0 Å². The summed E-state index contributed by atoms with van der Waals surface area (Å²) in [5, 5.41) is 8.77. The highest BCUT2D eigenvalue weighted by Crippen LogP contribution is 2.17. The Hall–Kier alpha value is -1.57. The Kier molecular flexibility index (Phi) is 6.04. The number of hydrogen-bond acceptors (Lipinski definition) is 4. The van der Waals surface area contributed by atoms with Gasteiger partial charge in [-0.2, -0.15) is 5.26 Å². The Labute approximate surface area is 127 Å². The summed E-state index contributed by atoms with van der Waals surface area (Å²) in [5.41, 5.74) is 0.661. The lowest BCUT2D eigenvalue weighted by Crippen LogP contribution is -2.45. The summed E-state index contributed by atoms with van der Waals surface area (Å²) in [6, 6.07) is 10.5. The van der Waals surface area contributed by atoms with E-state index < -0.39 is 0 Å². The molecule has 1 fully saturated rings. The SMILES string of the molecule is CC(C)N(CCOc1ccc(C#N)cc1)C1CCOCC1. The van der Waals surface area contributed by atoms with Gasteiger partial charge in [0.05, 0.1) is 11.6 Å². The van der Waals surface area contributed by atoms with Gasteiger partial charge in [-0.15, -0.1) is 0 Å². The molecule has 2 rings (SSSR count). The van der Waals surface area contributed by atoms with Crippen LogP contribution in [0, 0.1) is 11.3 Å². The van der Waals surface area contributed by atoms with E-state index in [0.29, 0.717) is 24.3 Å². The predicted molar refractivity (Wildman–Crippen MR) is 82.3 cm³/mol. The molecule has 1 aliphatic heterocycles. The molecule has 1 saturated heterocycles. The molecule has 0 amide bonds. The minimum atomic E-state index is 0.512. The number of benzene rings is 1. The van der Waals surface area contributed by atoms with Crippen LogP contribution >= 0.6 is 0 Å². The van der Waals surface area contributed by atoms with Crippen LogP contribution in [0.5, 0.6) is 5.75 Å². The average Bonchev–Trinajstić information content (AvgIpc) is 2.52. The predicted octanol–water partition coefficient (Wildman–Crippen LogP) is 2.83. The van der Waals surface area contributed by atoms with E-state index in [0.717, 1.165) is 38.3 Å². The van der Waals surface area contributed by atoms with E-state index in [4.69, 9.17) is 14.7 Å². The van der Waals surface area contributed by atoms with Crippen LogP contribution in [0.3, 0.4) is 0 Å². The molecule has 4 nitrogen and oxygen atoms in total. The van der Waals surface area contributed by atoms with Crippen molar-refractivity contribution >= 4 is 0 Å². The van der Waals surface area contributed by atoms with Gasteiger partial charge in [-0.1, -0.05) is 0 Å². The Balaban J connectivity index is 1.82.